The van der Waals surface area contributed by atoms with E-state index in [4.69, 9.17) is 23.2 Å². The Morgan fingerprint density at radius 3 is 1.70 bits per heavy atom. The van der Waals surface area contributed by atoms with Crippen LogP contribution in [0.4, 0.5) is 5.69 Å². The van der Waals surface area contributed by atoms with Gasteiger partial charge in [-0.2, -0.15) is 0 Å². The molecule has 0 fully saturated rings. The molecular weight excluding hydrogens is 579 g/mol. The average molecular weight is 615 g/mol. The Bertz CT molecular complexity index is 1870. The van der Waals surface area contributed by atoms with Crippen molar-refractivity contribution >= 4 is 50.9 Å². The molecule has 44 heavy (non-hydrogen) atoms. The van der Waals surface area contributed by atoms with Gasteiger partial charge in [0, 0.05) is 47.9 Å². The van der Waals surface area contributed by atoms with Crippen LogP contribution < -0.4 is 4.90 Å². The highest BCUT2D eigenvalue weighted by Gasteiger charge is 2.23. The van der Waals surface area contributed by atoms with Crippen LogP contribution in [0.1, 0.15) is 33.7 Å². The quantitative estimate of drug-likeness (QED) is 0.136. The number of fused-ring (bicyclic) bond motifs is 1. The third-order valence-electron chi connectivity index (χ3n) is 8.27. The lowest BCUT2D eigenvalue weighted by Crippen LogP contribution is -2.10. The molecular formula is C40H35Cl2N2+. The van der Waals surface area contributed by atoms with E-state index in [0.29, 0.717) is 0 Å². The van der Waals surface area contributed by atoms with Crippen molar-refractivity contribution in [2.45, 2.75) is 5.92 Å². The maximum atomic E-state index is 6.36. The maximum absolute atomic E-state index is 6.36. The Balaban J connectivity index is 1.66. The average Bonchev–Trinajstić information content (AvgIpc) is 3.04. The van der Waals surface area contributed by atoms with Crippen molar-refractivity contribution in [2.24, 2.45) is 0 Å². The van der Waals surface area contributed by atoms with Gasteiger partial charge in [-0.3, -0.25) is 0 Å². The summed E-state index contributed by atoms with van der Waals surface area (Å²) in [5.41, 5.74) is 10.6. The molecule has 0 radical (unpaired) electrons. The van der Waals surface area contributed by atoms with E-state index >= 15 is 0 Å². The van der Waals surface area contributed by atoms with Gasteiger partial charge in [-0.15, -0.1) is 0 Å². The lowest BCUT2D eigenvalue weighted by atomic mass is 9.79. The molecule has 0 heterocycles. The number of benzene rings is 5. The lowest BCUT2D eigenvalue weighted by Gasteiger charge is -2.24. The zero-order valence-electron chi connectivity index (χ0n) is 25.4. The van der Waals surface area contributed by atoms with Crippen LogP contribution in [0.25, 0.3) is 16.3 Å². The molecule has 2 nitrogen and oxygen atoms in total. The third kappa shape index (κ3) is 6.01. The van der Waals surface area contributed by atoms with E-state index in [0.717, 1.165) is 10.0 Å². The number of halogens is 2. The number of rotatable bonds is 6. The summed E-state index contributed by atoms with van der Waals surface area (Å²) in [6, 6.07) is 38.6. The topological polar surface area (TPSA) is 6.25 Å². The van der Waals surface area contributed by atoms with Gasteiger partial charge in [0.25, 0.3) is 0 Å². The van der Waals surface area contributed by atoms with E-state index < -0.39 is 0 Å². The second-order valence-corrected chi connectivity index (χ2v) is 12.4. The first-order valence-electron chi connectivity index (χ1n) is 14.8. The Morgan fingerprint density at radius 1 is 0.636 bits per heavy atom. The molecule has 0 aliphatic heterocycles. The van der Waals surface area contributed by atoms with Crippen LogP contribution in [0.3, 0.4) is 0 Å². The molecule has 6 rings (SSSR count). The summed E-state index contributed by atoms with van der Waals surface area (Å²) in [6.45, 7) is 0. The molecule has 0 unspecified atom stereocenters. The second kappa shape index (κ2) is 12.7. The van der Waals surface area contributed by atoms with E-state index in [1.807, 2.05) is 24.3 Å². The van der Waals surface area contributed by atoms with Gasteiger partial charge in [-0.05, 0) is 98.3 Å². The standard InChI is InChI=1S/C40H35Cl2N2/c1-43(2)34-23-15-30(16-24-34)39(31-17-25-35(26-18-31)44(3)4)37-10-6-8-27-7-5-9-36(40(27)37)38(28-11-19-32(41)20-12-28)29-13-21-33(42)22-14-29/h5-26,38H,1-4H3/q+1. The highest BCUT2D eigenvalue weighted by atomic mass is 35.5. The normalized spacial score (nSPS) is 12.7. The van der Waals surface area contributed by atoms with Crippen molar-refractivity contribution in [2.75, 3.05) is 33.1 Å². The van der Waals surface area contributed by atoms with Crippen LogP contribution >= 0.6 is 23.2 Å². The van der Waals surface area contributed by atoms with Gasteiger partial charge >= 0.3 is 0 Å². The van der Waals surface area contributed by atoms with Crippen LogP contribution in [0.2, 0.25) is 10.0 Å². The summed E-state index contributed by atoms with van der Waals surface area (Å²) in [5.74, 6) is -0.0251. The van der Waals surface area contributed by atoms with Crippen molar-refractivity contribution in [3.05, 3.63) is 177 Å². The fourth-order valence-corrected chi connectivity index (χ4v) is 6.26. The number of hydrogen-bond donors (Lipinski definition) is 0. The first-order valence-corrected chi connectivity index (χ1v) is 15.5. The smallest absolute Gasteiger partial charge is 0.199 e. The third-order valence-corrected chi connectivity index (χ3v) is 8.77. The molecule has 0 aromatic heterocycles. The van der Waals surface area contributed by atoms with Gasteiger partial charge in [-0.25, -0.2) is 4.58 Å². The van der Waals surface area contributed by atoms with E-state index in [-0.39, 0.29) is 5.92 Å². The van der Waals surface area contributed by atoms with Crippen molar-refractivity contribution < 1.29 is 4.58 Å². The number of hydrogen-bond acceptors (Lipinski definition) is 1. The summed E-state index contributed by atoms with van der Waals surface area (Å²) in [7, 11) is 8.29. The minimum Gasteiger partial charge on any atom is -0.378 e. The molecule has 1 aliphatic rings. The van der Waals surface area contributed by atoms with Crippen LogP contribution in [-0.4, -0.2) is 38.5 Å². The molecule has 218 valence electrons. The van der Waals surface area contributed by atoms with Crippen LogP contribution in [0.5, 0.6) is 0 Å². The van der Waals surface area contributed by atoms with Gasteiger partial charge in [-0.1, -0.05) is 96.0 Å². The summed E-state index contributed by atoms with van der Waals surface area (Å²) >= 11 is 12.7. The molecule has 5 aromatic carbocycles. The fraction of sp³-hybridized carbons (Fsp3) is 0.125. The molecule has 1 aliphatic carbocycles. The summed E-state index contributed by atoms with van der Waals surface area (Å²) in [5, 5.41) is 3.87. The molecule has 0 saturated carbocycles. The molecule has 0 N–H and O–H groups in total. The predicted octanol–water partition coefficient (Wildman–Crippen LogP) is 10.0. The number of nitrogens with zero attached hydrogens (tertiary/aromatic N) is 2. The number of anilines is 1. The molecule has 0 bridgehead atoms. The molecule has 0 atom stereocenters. The molecule has 5 aromatic rings. The van der Waals surface area contributed by atoms with Gasteiger partial charge in [0.2, 0.25) is 0 Å². The predicted molar refractivity (Wildman–Crippen MR) is 190 cm³/mol. The van der Waals surface area contributed by atoms with Crippen LogP contribution in [0, 0.1) is 0 Å². The van der Waals surface area contributed by atoms with Gasteiger partial charge in [0.15, 0.2) is 5.71 Å². The zero-order valence-corrected chi connectivity index (χ0v) is 26.9. The fourth-order valence-electron chi connectivity index (χ4n) is 6.01. The largest absolute Gasteiger partial charge is 0.378 e. The zero-order chi connectivity index (χ0) is 30.8. The minimum absolute atomic E-state index is 0.0251. The highest BCUT2D eigenvalue weighted by Crippen LogP contribution is 2.42. The van der Waals surface area contributed by atoms with Crippen molar-refractivity contribution in [1.82, 2.24) is 0 Å². The first kappa shape index (κ1) is 29.7. The lowest BCUT2D eigenvalue weighted by molar-refractivity contribution is -0.462. The van der Waals surface area contributed by atoms with Crippen molar-refractivity contribution in [3.8, 4) is 0 Å². The Hall–Kier alpha value is -4.37. The van der Waals surface area contributed by atoms with E-state index in [2.05, 4.69) is 147 Å². The molecule has 4 heteroatoms. The van der Waals surface area contributed by atoms with Crippen LogP contribution in [0.15, 0.2) is 139 Å². The van der Waals surface area contributed by atoms with E-state index in [1.54, 1.807) is 0 Å². The van der Waals surface area contributed by atoms with E-state index in [1.165, 1.54) is 61.1 Å². The first-order chi connectivity index (χ1) is 21.3. The number of allylic oxidation sites excluding steroid dienone is 5. The second-order valence-electron chi connectivity index (χ2n) is 11.5. The Morgan fingerprint density at radius 2 is 1.18 bits per heavy atom. The van der Waals surface area contributed by atoms with E-state index in [9.17, 15) is 0 Å². The monoisotopic (exact) mass is 613 g/mol. The Kier molecular flexibility index (Phi) is 8.57. The molecule has 0 spiro atoms. The SMILES string of the molecule is CN(C)c1ccc(C(=C2C=CC(=[N+](C)C)C=C2)c2cccc3cccc(C(c4ccc(Cl)cc4)c4ccc(Cl)cc4)c23)cc1. The van der Waals surface area contributed by atoms with Crippen molar-refractivity contribution in [1.29, 1.82) is 0 Å². The van der Waals surface area contributed by atoms with Crippen molar-refractivity contribution in [3.63, 3.8) is 0 Å². The Labute approximate surface area is 270 Å². The highest BCUT2D eigenvalue weighted by molar-refractivity contribution is 6.30. The molecule has 0 saturated heterocycles. The molecule has 0 amide bonds. The van der Waals surface area contributed by atoms with Gasteiger partial charge in [0.05, 0.1) is 0 Å². The van der Waals surface area contributed by atoms with Gasteiger partial charge in [0.1, 0.15) is 14.1 Å². The minimum atomic E-state index is -0.0251. The van der Waals surface area contributed by atoms with Gasteiger partial charge < -0.3 is 4.90 Å². The summed E-state index contributed by atoms with van der Waals surface area (Å²) in [4.78, 5) is 2.13. The summed E-state index contributed by atoms with van der Waals surface area (Å²) < 4.78 is 2.13. The van der Waals surface area contributed by atoms with Crippen LogP contribution in [-0.2, 0) is 0 Å². The summed E-state index contributed by atoms with van der Waals surface area (Å²) in [6.07, 6.45) is 8.86. The maximum Gasteiger partial charge on any atom is 0.199 e.